The Kier molecular flexibility index (Phi) is 3.86. The number of amides is 1. The van der Waals surface area contributed by atoms with Crippen molar-refractivity contribution in [2.75, 3.05) is 5.32 Å². The van der Waals surface area contributed by atoms with Crippen LogP contribution in [0.4, 0.5) is 23.2 Å². The minimum absolute atomic E-state index is 0.487. The van der Waals surface area contributed by atoms with E-state index in [1.165, 1.54) is 5.32 Å². The van der Waals surface area contributed by atoms with Crippen LogP contribution in [0.5, 0.6) is 0 Å². The summed E-state index contributed by atoms with van der Waals surface area (Å²) in [6, 6.07) is 1.81. The van der Waals surface area contributed by atoms with E-state index in [1.54, 1.807) is 0 Å². The van der Waals surface area contributed by atoms with Crippen molar-refractivity contribution in [3.05, 3.63) is 24.0 Å². The first kappa shape index (κ1) is 14.7. The number of carbonyl (C=O) groups excluding carboxylic acids is 1. The molecule has 0 fully saturated rings. The summed E-state index contributed by atoms with van der Waals surface area (Å²) in [5, 5.41) is 1.20. The van der Waals surface area contributed by atoms with Gasteiger partial charge in [0.15, 0.2) is 0 Å². The Morgan fingerprint density at radius 1 is 1.28 bits per heavy atom. The smallest absolute Gasteiger partial charge is 0.316 e. The van der Waals surface area contributed by atoms with Crippen LogP contribution in [0.1, 0.15) is 0 Å². The maximum Gasteiger partial charge on any atom is 0.471 e. The summed E-state index contributed by atoms with van der Waals surface area (Å²) in [6.45, 7) is 0. The van der Waals surface area contributed by atoms with Gasteiger partial charge in [-0.2, -0.15) is 13.2 Å². The zero-order valence-corrected chi connectivity index (χ0v) is 9.83. The van der Waals surface area contributed by atoms with Crippen LogP contribution in [0.25, 0.3) is 0 Å². The van der Waals surface area contributed by atoms with E-state index >= 15 is 0 Å². The Labute approximate surface area is 103 Å². The number of benzene rings is 1. The van der Waals surface area contributed by atoms with Crippen LogP contribution in [0, 0.1) is 5.82 Å². The molecule has 0 radical (unpaired) electrons. The monoisotopic (exact) mass is 305 g/mol. The Hall–Kier alpha value is -1.35. The fourth-order valence-electron chi connectivity index (χ4n) is 0.945. The molecular weight excluding hydrogens is 302 g/mol. The number of hydrogen-bond donors (Lipinski definition) is 1. The zero-order valence-electron chi connectivity index (χ0n) is 8.25. The second kappa shape index (κ2) is 4.73. The number of alkyl halides is 3. The normalized spacial score (nSPS) is 12.3. The van der Waals surface area contributed by atoms with Crippen molar-refractivity contribution in [2.45, 2.75) is 11.1 Å². The molecular formula is C8H4ClF4NO3S. The van der Waals surface area contributed by atoms with Crippen molar-refractivity contribution >= 4 is 31.3 Å². The highest BCUT2D eigenvalue weighted by Crippen LogP contribution is 2.24. The first-order valence-electron chi connectivity index (χ1n) is 4.14. The van der Waals surface area contributed by atoms with E-state index in [0.29, 0.717) is 12.1 Å². The average Bonchev–Trinajstić information content (AvgIpc) is 2.18. The van der Waals surface area contributed by atoms with Gasteiger partial charge in [0, 0.05) is 10.7 Å². The first-order chi connectivity index (χ1) is 8.01. The van der Waals surface area contributed by atoms with E-state index in [-0.39, 0.29) is 0 Å². The van der Waals surface area contributed by atoms with Crippen molar-refractivity contribution in [1.29, 1.82) is 0 Å². The number of carbonyl (C=O) groups is 1. The summed E-state index contributed by atoms with van der Waals surface area (Å²) in [7, 11) is 0.684. The maximum atomic E-state index is 13.1. The molecule has 1 aromatic rings. The Morgan fingerprint density at radius 2 is 1.83 bits per heavy atom. The number of halogens is 5. The molecule has 0 heterocycles. The van der Waals surface area contributed by atoms with Gasteiger partial charge in [-0.15, -0.1) is 0 Å². The predicted octanol–water partition coefficient (Wildman–Crippen LogP) is 2.25. The molecule has 0 unspecified atom stereocenters. The molecule has 1 aromatic carbocycles. The third-order valence-electron chi connectivity index (χ3n) is 1.73. The van der Waals surface area contributed by atoms with Gasteiger partial charge < -0.3 is 5.32 Å². The zero-order chi connectivity index (χ0) is 14.1. The molecule has 100 valence electrons. The Bertz CT molecular complexity index is 584. The molecule has 0 aliphatic rings. The standard InChI is InChI=1S/C8H4ClF4NO3S/c9-18(16,17)4-1-2-5(10)6(3-4)14-7(15)8(11,12)13/h1-3H,(H,14,15). The molecule has 1 N–H and O–H groups in total. The number of nitrogens with one attached hydrogen (secondary N) is 1. The lowest BCUT2D eigenvalue weighted by Crippen LogP contribution is -2.30. The lowest BCUT2D eigenvalue weighted by atomic mass is 10.3. The van der Waals surface area contributed by atoms with Crippen LogP contribution >= 0.6 is 10.7 Å². The van der Waals surface area contributed by atoms with Gasteiger partial charge in [-0.3, -0.25) is 4.79 Å². The van der Waals surface area contributed by atoms with Crippen LogP contribution in [0.3, 0.4) is 0 Å². The lowest BCUT2D eigenvalue weighted by molar-refractivity contribution is -0.167. The quantitative estimate of drug-likeness (QED) is 0.673. The lowest BCUT2D eigenvalue weighted by Gasteiger charge is -2.09. The molecule has 10 heteroatoms. The summed E-state index contributed by atoms with van der Waals surface area (Å²) in [5.74, 6) is -3.65. The highest BCUT2D eigenvalue weighted by Gasteiger charge is 2.39. The predicted molar refractivity (Wildman–Crippen MR) is 54.1 cm³/mol. The van der Waals surface area contributed by atoms with E-state index in [1.807, 2.05) is 0 Å². The average molecular weight is 306 g/mol. The number of rotatable bonds is 2. The minimum atomic E-state index is -5.22. The Morgan fingerprint density at radius 3 is 2.28 bits per heavy atom. The van der Waals surface area contributed by atoms with Crippen molar-refractivity contribution in [2.24, 2.45) is 0 Å². The molecule has 0 saturated carbocycles. The minimum Gasteiger partial charge on any atom is -0.316 e. The summed E-state index contributed by atoms with van der Waals surface area (Å²) in [6.07, 6.45) is -5.22. The van der Waals surface area contributed by atoms with E-state index in [9.17, 15) is 30.8 Å². The SMILES string of the molecule is O=C(Nc1cc(S(=O)(=O)Cl)ccc1F)C(F)(F)F. The molecule has 0 saturated heterocycles. The fourth-order valence-corrected chi connectivity index (χ4v) is 1.72. The van der Waals surface area contributed by atoms with Crippen LogP contribution in [0.15, 0.2) is 23.1 Å². The molecule has 4 nitrogen and oxygen atoms in total. The van der Waals surface area contributed by atoms with Gasteiger partial charge in [-0.25, -0.2) is 12.8 Å². The van der Waals surface area contributed by atoms with Crippen LogP contribution in [-0.2, 0) is 13.8 Å². The molecule has 0 aliphatic carbocycles. The highest BCUT2D eigenvalue weighted by atomic mass is 35.7. The summed E-state index contributed by atoms with van der Waals surface area (Å²) in [5.41, 5.74) is -0.931. The van der Waals surface area contributed by atoms with Crippen molar-refractivity contribution in [3.63, 3.8) is 0 Å². The van der Waals surface area contributed by atoms with E-state index in [2.05, 4.69) is 0 Å². The highest BCUT2D eigenvalue weighted by molar-refractivity contribution is 8.13. The van der Waals surface area contributed by atoms with Gasteiger partial charge >= 0.3 is 12.1 Å². The third-order valence-corrected chi connectivity index (χ3v) is 3.08. The van der Waals surface area contributed by atoms with E-state index < -0.39 is 37.5 Å². The summed E-state index contributed by atoms with van der Waals surface area (Å²) >= 11 is 0. The first-order valence-corrected chi connectivity index (χ1v) is 6.45. The molecule has 0 aromatic heterocycles. The Balaban J connectivity index is 3.14. The number of anilines is 1. The van der Waals surface area contributed by atoms with Gasteiger partial charge in [0.05, 0.1) is 10.6 Å². The van der Waals surface area contributed by atoms with E-state index in [0.717, 1.165) is 6.07 Å². The second-order valence-electron chi connectivity index (χ2n) is 3.03. The van der Waals surface area contributed by atoms with Crippen molar-refractivity contribution in [1.82, 2.24) is 0 Å². The molecule has 1 rings (SSSR count). The molecule has 0 atom stereocenters. The van der Waals surface area contributed by atoms with E-state index in [4.69, 9.17) is 10.7 Å². The van der Waals surface area contributed by atoms with Crippen molar-refractivity contribution < 1.29 is 30.8 Å². The molecule has 18 heavy (non-hydrogen) atoms. The van der Waals surface area contributed by atoms with Gasteiger partial charge in [0.25, 0.3) is 9.05 Å². The summed E-state index contributed by atoms with van der Waals surface area (Å²) < 4.78 is 70.6. The van der Waals surface area contributed by atoms with Crippen LogP contribution in [0.2, 0.25) is 0 Å². The second-order valence-corrected chi connectivity index (χ2v) is 5.60. The summed E-state index contributed by atoms with van der Waals surface area (Å²) in [4.78, 5) is 9.93. The largest absolute Gasteiger partial charge is 0.471 e. The third kappa shape index (κ3) is 3.57. The molecule has 0 spiro atoms. The van der Waals surface area contributed by atoms with Gasteiger partial charge in [-0.05, 0) is 18.2 Å². The fraction of sp³-hybridized carbons (Fsp3) is 0.125. The van der Waals surface area contributed by atoms with Crippen LogP contribution in [-0.4, -0.2) is 20.5 Å². The van der Waals surface area contributed by atoms with Crippen molar-refractivity contribution in [3.8, 4) is 0 Å². The molecule has 0 aliphatic heterocycles. The van der Waals surface area contributed by atoms with Crippen LogP contribution < -0.4 is 5.32 Å². The molecule has 0 bridgehead atoms. The molecule has 1 amide bonds. The topological polar surface area (TPSA) is 63.2 Å². The van der Waals surface area contributed by atoms with Gasteiger partial charge in [0.2, 0.25) is 0 Å². The maximum absolute atomic E-state index is 13.1. The van der Waals surface area contributed by atoms with Gasteiger partial charge in [0.1, 0.15) is 5.82 Å². The number of hydrogen-bond acceptors (Lipinski definition) is 3. The van der Waals surface area contributed by atoms with Gasteiger partial charge in [-0.1, -0.05) is 0 Å².